The highest BCUT2D eigenvalue weighted by Gasteiger charge is 2.54. The summed E-state index contributed by atoms with van der Waals surface area (Å²) in [5, 5.41) is 23.0. The van der Waals surface area contributed by atoms with Crippen molar-refractivity contribution >= 4 is 36.7 Å². The largest absolute Gasteiger partial charge is 0.531 e. The van der Waals surface area contributed by atoms with E-state index >= 15 is 0 Å². The van der Waals surface area contributed by atoms with Crippen LogP contribution >= 0.6 is 0 Å². The summed E-state index contributed by atoms with van der Waals surface area (Å²) in [5.41, 5.74) is -0.785. The van der Waals surface area contributed by atoms with Crippen LogP contribution in [0, 0.1) is 5.92 Å². The summed E-state index contributed by atoms with van der Waals surface area (Å²) in [5.74, 6) is -5.06. The van der Waals surface area contributed by atoms with E-state index in [1.165, 1.54) is 32.0 Å². The average Bonchev–Trinajstić information content (AvgIpc) is 2.95. The highest BCUT2D eigenvalue weighted by atomic mass is 16.6. The minimum Gasteiger partial charge on any atom is -0.509 e. The second-order valence-corrected chi connectivity index (χ2v) is 11.4. The summed E-state index contributed by atoms with van der Waals surface area (Å²) in [6.45, 7) is 5.08. The molecule has 0 bridgehead atoms. The first-order valence-electron chi connectivity index (χ1n) is 14.1. The van der Waals surface area contributed by atoms with Crippen LogP contribution in [0.25, 0.3) is 11.3 Å². The first-order valence-corrected chi connectivity index (χ1v) is 14.1. The average molecular weight is 595 g/mol. The predicted molar refractivity (Wildman–Crippen MR) is 157 cm³/mol. The molecule has 1 aromatic heterocycles. The third kappa shape index (κ3) is 8.71. The number of hydrogen-bond donors (Lipinski definition) is 3. The second-order valence-electron chi connectivity index (χ2n) is 11.4. The maximum Gasteiger partial charge on any atom is 0.531 e. The molecule has 3 rings (SSSR count). The molecule has 13 heteroatoms. The quantitative estimate of drug-likeness (QED) is 0.292. The molecule has 230 valence electrons. The van der Waals surface area contributed by atoms with Crippen molar-refractivity contribution in [2.75, 3.05) is 14.1 Å². The maximum atomic E-state index is 13.6. The second kappa shape index (κ2) is 14.4. The number of Topliss-reactive ketones (excluding diaryl/α,β-unsaturated/α-hetero) is 1. The first-order chi connectivity index (χ1) is 20.2. The summed E-state index contributed by atoms with van der Waals surface area (Å²) < 4.78 is 11.2. The zero-order chi connectivity index (χ0) is 31.9. The van der Waals surface area contributed by atoms with Crippen molar-refractivity contribution < 1.29 is 43.5 Å². The molecule has 2 heterocycles. The lowest BCUT2D eigenvalue weighted by molar-refractivity contribution is -0.173. The number of carbonyl (C=O) groups is 5. The van der Waals surface area contributed by atoms with Crippen LogP contribution in [0.5, 0.6) is 0 Å². The van der Waals surface area contributed by atoms with Gasteiger partial charge in [-0.1, -0.05) is 50.2 Å². The van der Waals surface area contributed by atoms with Crippen molar-refractivity contribution in [3.63, 3.8) is 0 Å². The van der Waals surface area contributed by atoms with Crippen LogP contribution < -0.4 is 5.32 Å². The van der Waals surface area contributed by atoms with Gasteiger partial charge in [0.1, 0.15) is 11.7 Å². The van der Waals surface area contributed by atoms with Gasteiger partial charge in [-0.2, -0.15) is 0 Å². The highest BCUT2D eigenvalue weighted by molar-refractivity contribution is 6.50. The van der Waals surface area contributed by atoms with Crippen molar-refractivity contribution in [3.05, 3.63) is 54.2 Å². The number of aliphatic hydroxyl groups is 1. The van der Waals surface area contributed by atoms with Gasteiger partial charge in [-0.3, -0.25) is 19.2 Å². The van der Waals surface area contributed by atoms with Gasteiger partial charge in [0, 0.05) is 31.9 Å². The molecule has 0 saturated carbocycles. The molecule has 3 N–H and O–H groups in total. The summed E-state index contributed by atoms with van der Waals surface area (Å²) in [4.78, 5) is 69.6. The molecular formula is C30H38BN3O9. The van der Waals surface area contributed by atoms with Gasteiger partial charge < -0.3 is 29.7 Å². The molecular weight excluding hydrogens is 557 g/mol. The molecule has 1 aromatic carbocycles. The SMILES string of the molecule is CC(C)C[C@H](CC(=O)[C@@H](NC(=O)c1cccc(-c2ccccc2)n1)[C@@H](C)O)B1OC(=O)C[C@](CC(=O)N(C)C)(C(=O)O)O1. The zero-order valence-corrected chi connectivity index (χ0v) is 25.0. The van der Waals surface area contributed by atoms with E-state index in [1.54, 1.807) is 12.1 Å². The number of nitrogens with zero attached hydrogens (tertiary/aromatic N) is 2. The van der Waals surface area contributed by atoms with Crippen LogP contribution in [0.1, 0.15) is 56.9 Å². The number of carboxylic acids is 1. The number of carboxylic acid groups (broad SMARTS) is 1. The third-order valence-corrected chi connectivity index (χ3v) is 7.13. The molecule has 12 nitrogen and oxygen atoms in total. The number of aliphatic carboxylic acids is 1. The predicted octanol–water partition coefficient (Wildman–Crippen LogP) is 2.36. The van der Waals surface area contributed by atoms with E-state index in [2.05, 4.69) is 10.3 Å². The van der Waals surface area contributed by atoms with E-state index in [-0.39, 0.29) is 24.5 Å². The summed E-state index contributed by atoms with van der Waals surface area (Å²) >= 11 is 0. The molecule has 0 radical (unpaired) electrons. The Morgan fingerprint density at radius 1 is 1.07 bits per heavy atom. The van der Waals surface area contributed by atoms with Crippen LogP contribution in [0.3, 0.4) is 0 Å². The van der Waals surface area contributed by atoms with E-state index in [1.807, 2.05) is 44.2 Å². The lowest BCUT2D eigenvalue weighted by Gasteiger charge is -2.38. The number of aliphatic hydroxyl groups excluding tert-OH is 1. The Hall–Kier alpha value is -4.10. The smallest absolute Gasteiger partial charge is 0.509 e. The van der Waals surface area contributed by atoms with Gasteiger partial charge in [0.05, 0.1) is 24.6 Å². The fourth-order valence-electron chi connectivity index (χ4n) is 4.89. The summed E-state index contributed by atoms with van der Waals surface area (Å²) in [6, 6.07) is 12.8. The van der Waals surface area contributed by atoms with Crippen LogP contribution in [0.4, 0.5) is 0 Å². The molecule has 0 spiro atoms. The molecule has 1 fully saturated rings. The normalized spacial score (nSPS) is 18.8. The Balaban J connectivity index is 1.82. The monoisotopic (exact) mass is 595 g/mol. The fraction of sp³-hybridized carbons (Fsp3) is 0.467. The van der Waals surface area contributed by atoms with Crippen molar-refractivity contribution in [2.24, 2.45) is 5.92 Å². The van der Waals surface area contributed by atoms with Crippen molar-refractivity contribution in [2.45, 2.75) is 70.0 Å². The Bertz CT molecular complexity index is 1340. The Morgan fingerprint density at radius 3 is 2.33 bits per heavy atom. The standard InChI is InChI=1S/C30H38BN3O9/c1-18(2)14-21(31-42-26(38)17-30(43-31,29(40)41)16-25(37)34(4)5)15-24(36)27(19(3)35)33-28(39)23-13-9-12-22(32-23)20-10-7-6-8-11-20/h6-13,18-19,21,27,35H,14-17H2,1-5H3,(H,33,39)(H,40,41)/t19-,21-,27+,30-/m1/s1. The number of hydrogen-bond acceptors (Lipinski definition) is 9. The number of carbonyl (C=O) groups excluding carboxylic acids is 4. The van der Waals surface area contributed by atoms with Crippen molar-refractivity contribution in [3.8, 4) is 11.3 Å². The third-order valence-electron chi connectivity index (χ3n) is 7.13. The van der Waals surface area contributed by atoms with Crippen LogP contribution in [-0.2, 0) is 28.5 Å². The van der Waals surface area contributed by atoms with Gasteiger partial charge in [0.2, 0.25) is 5.91 Å². The van der Waals surface area contributed by atoms with Gasteiger partial charge >= 0.3 is 13.1 Å². The number of benzene rings is 1. The molecule has 1 aliphatic rings. The zero-order valence-electron chi connectivity index (χ0n) is 25.0. The first kappa shape index (κ1) is 33.4. The summed E-state index contributed by atoms with van der Waals surface area (Å²) in [6.07, 6.45) is -2.62. The molecule has 0 aliphatic carbocycles. The Labute approximate surface area is 250 Å². The van der Waals surface area contributed by atoms with Crippen LogP contribution in [0.2, 0.25) is 5.82 Å². The fourth-order valence-corrected chi connectivity index (χ4v) is 4.89. The number of rotatable bonds is 13. The van der Waals surface area contributed by atoms with Gasteiger partial charge in [-0.15, -0.1) is 0 Å². The number of aromatic nitrogens is 1. The van der Waals surface area contributed by atoms with Crippen LogP contribution in [0.15, 0.2) is 48.5 Å². The number of pyridine rings is 1. The van der Waals surface area contributed by atoms with Crippen LogP contribution in [-0.4, -0.2) is 88.6 Å². The number of amides is 2. The van der Waals surface area contributed by atoms with E-state index in [4.69, 9.17) is 9.31 Å². The van der Waals surface area contributed by atoms with Crippen molar-refractivity contribution in [1.29, 1.82) is 0 Å². The lowest BCUT2D eigenvalue weighted by Crippen LogP contribution is -2.57. The molecule has 2 amide bonds. The van der Waals surface area contributed by atoms with E-state index in [9.17, 15) is 34.2 Å². The van der Waals surface area contributed by atoms with E-state index in [0.29, 0.717) is 5.69 Å². The number of ketones is 1. The summed E-state index contributed by atoms with van der Waals surface area (Å²) in [7, 11) is 1.46. The molecule has 0 unspecified atom stereocenters. The molecule has 4 atom stereocenters. The minimum absolute atomic E-state index is 0.0332. The Kier molecular flexibility index (Phi) is 11.2. The van der Waals surface area contributed by atoms with E-state index in [0.717, 1.165) is 5.56 Å². The topological polar surface area (TPSA) is 172 Å². The van der Waals surface area contributed by atoms with Gasteiger partial charge in [0.15, 0.2) is 11.4 Å². The molecule has 2 aromatic rings. The highest BCUT2D eigenvalue weighted by Crippen LogP contribution is 2.36. The maximum absolute atomic E-state index is 13.6. The Morgan fingerprint density at radius 2 is 1.74 bits per heavy atom. The van der Waals surface area contributed by atoms with E-state index < -0.39 is 73.1 Å². The minimum atomic E-state index is -2.17. The molecule has 1 aliphatic heterocycles. The lowest BCUT2D eigenvalue weighted by atomic mass is 9.63. The van der Waals surface area contributed by atoms with Crippen molar-refractivity contribution in [1.82, 2.24) is 15.2 Å². The number of nitrogens with one attached hydrogen (secondary N) is 1. The van der Waals surface area contributed by atoms with Gasteiger partial charge in [0.25, 0.3) is 11.9 Å². The molecule has 43 heavy (non-hydrogen) atoms. The van der Waals surface area contributed by atoms with Gasteiger partial charge in [-0.25, -0.2) is 9.78 Å². The molecule has 1 saturated heterocycles. The van der Waals surface area contributed by atoms with Gasteiger partial charge in [-0.05, 0) is 31.4 Å².